The molecule has 0 saturated carbocycles. The topological polar surface area (TPSA) is 74.2 Å². The van der Waals surface area contributed by atoms with Crippen LogP contribution in [0.3, 0.4) is 0 Å². The fourth-order valence-electron chi connectivity index (χ4n) is 5.83. The molecule has 0 aromatic rings. The van der Waals surface area contributed by atoms with Crippen molar-refractivity contribution in [2.24, 2.45) is 0 Å². The van der Waals surface area contributed by atoms with Crippen LogP contribution in [0.4, 0.5) is 0 Å². The number of unbranched alkanes of at least 4 members (excludes halogenated alkanes) is 3. The monoisotopic (exact) mass is 450 g/mol. The molecule has 0 bridgehead atoms. The summed E-state index contributed by atoms with van der Waals surface area (Å²) < 4.78 is 24.3. The third-order valence-corrected chi connectivity index (χ3v) is 7.61. The SMILES string of the molecule is CCCCCC[C@H]1CCC[C@@H]([C@H]2CC[C@H]([C@H]3CC[C@H]([C@H](O)CC4=C[C@H](C)OC4=O)O3)O2)O1. The van der Waals surface area contributed by atoms with E-state index in [2.05, 4.69) is 6.92 Å². The molecule has 0 spiro atoms. The summed E-state index contributed by atoms with van der Waals surface area (Å²) >= 11 is 0. The number of cyclic esters (lactones) is 1. The first-order chi connectivity index (χ1) is 15.5. The van der Waals surface area contributed by atoms with Gasteiger partial charge < -0.3 is 24.1 Å². The second kappa shape index (κ2) is 11.5. The maximum absolute atomic E-state index is 11.8. The Bertz CT molecular complexity index is 648. The van der Waals surface area contributed by atoms with E-state index < -0.39 is 6.10 Å². The number of aliphatic hydroxyl groups is 1. The second-order valence-electron chi connectivity index (χ2n) is 10.2. The largest absolute Gasteiger partial charge is 0.455 e. The highest BCUT2D eigenvalue weighted by Crippen LogP contribution is 2.37. The quantitative estimate of drug-likeness (QED) is 0.387. The van der Waals surface area contributed by atoms with Crippen molar-refractivity contribution >= 4 is 5.97 Å². The molecule has 3 fully saturated rings. The number of hydrogen-bond donors (Lipinski definition) is 1. The highest BCUT2D eigenvalue weighted by Gasteiger charge is 2.42. The van der Waals surface area contributed by atoms with Gasteiger partial charge in [0.25, 0.3) is 0 Å². The molecule has 1 N–H and O–H groups in total. The van der Waals surface area contributed by atoms with Gasteiger partial charge in [0.05, 0.1) is 42.7 Å². The van der Waals surface area contributed by atoms with Gasteiger partial charge in [0.15, 0.2) is 0 Å². The fourth-order valence-corrected chi connectivity index (χ4v) is 5.83. The van der Waals surface area contributed by atoms with Gasteiger partial charge in [-0.15, -0.1) is 0 Å². The zero-order valence-corrected chi connectivity index (χ0v) is 19.9. The van der Waals surface area contributed by atoms with Gasteiger partial charge in [-0.1, -0.05) is 32.6 Å². The maximum atomic E-state index is 11.8. The van der Waals surface area contributed by atoms with Crippen molar-refractivity contribution in [2.45, 2.75) is 146 Å². The minimum absolute atomic E-state index is 0.0246. The predicted molar refractivity (Wildman–Crippen MR) is 121 cm³/mol. The molecule has 0 aromatic carbocycles. The molecule has 0 aliphatic carbocycles. The Morgan fingerprint density at radius 3 is 2.38 bits per heavy atom. The summed E-state index contributed by atoms with van der Waals surface area (Å²) in [5, 5.41) is 10.6. The summed E-state index contributed by atoms with van der Waals surface area (Å²) in [6.07, 6.45) is 15.4. The summed E-state index contributed by atoms with van der Waals surface area (Å²) in [6.45, 7) is 4.08. The van der Waals surface area contributed by atoms with E-state index in [4.69, 9.17) is 18.9 Å². The lowest BCUT2D eigenvalue weighted by Crippen LogP contribution is -2.38. The smallest absolute Gasteiger partial charge is 0.334 e. The maximum Gasteiger partial charge on any atom is 0.334 e. The van der Waals surface area contributed by atoms with Gasteiger partial charge in [0.1, 0.15) is 6.10 Å². The minimum Gasteiger partial charge on any atom is -0.455 e. The molecule has 0 radical (unpaired) electrons. The molecule has 0 unspecified atom stereocenters. The molecule has 182 valence electrons. The van der Waals surface area contributed by atoms with E-state index >= 15 is 0 Å². The van der Waals surface area contributed by atoms with E-state index in [1.165, 1.54) is 44.9 Å². The molecule has 3 saturated heterocycles. The molecular weight excluding hydrogens is 408 g/mol. The molecule has 8 atom stereocenters. The van der Waals surface area contributed by atoms with Crippen molar-refractivity contribution in [3.8, 4) is 0 Å². The normalized spacial score (nSPS) is 38.7. The molecule has 4 rings (SSSR count). The van der Waals surface area contributed by atoms with Crippen molar-refractivity contribution in [2.75, 3.05) is 0 Å². The Morgan fingerprint density at radius 2 is 1.66 bits per heavy atom. The van der Waals surface area contributed by atoms with E-state index in [9.17, 15) is 9.90 Å². The Morgan fingerprint density at radius 1 is 0.938 bits per heavy atom. The lowest BCUT2D eigenvalue weighted by Gasteiger charge is -2.34. The van der Waals surface area contributed by atoms with Gasteiger partial charge in [-0.05, 0) is 64.4 Å². The van der Waals surface area contributed by atoms with Crippen LogP contribution in [0.1, 0.15) is 97.3 Å². The highest BCUT2D eigenvalue weighted by molar-refractivity contribution is 5.90. The lowest BCUT2D eigenvalue weighted by atomic mass is 9.96. The number of hydrogen-bond acceptors (Lipinski definition) is 6. The zero-order chi connectivity index (χ0) is 22.5. The average Bonchev–Trinajstić information content (AvgIpc) is 3.52. The van der Waals surface area contributed by atoms with E-state index in [1.54, 1.807) is 6.08 Å². The fraction of sp³-hybridized carbons (Fsp3) is 0.885. The Balaban J connectivity index is 1.20. The van der Waals surface area contributed by atoms with E-state index in [-0.39, 0.29) is 42.6 Å². The van der Waals surface area contributed by atoms with Crippen molar-refractivity contribution in [1.82, 2.24) is 0 Å². The highest BCUT2D eigenvalue weighted by atomic mass is 16.6. The molecule has 6 heteroatoms. The Kier molecular flexibility index (Phi) is 8.66. The molecule has 0 amide bonds. The summed E-state index contributed by atoms with van der Waals surface area (Å²) in [5.41, 5.74) is 0.563. The molecule has 4 aliphatic rings. The van der Waals surface area contributed by atoms with Crippen LogP contribution in [0.5, 0.6) is 0 Å². The van der Waals surface area contributed by atoms with Crippen LogP contribution in [0, 0.1) is 0 Å². The van der Waals surface area contributed by atoms with E-state index in [0.717, 1.165) is 32.1 Å². The summed E-state index contributed by atoms with van der Waals surface area (Å²) in [5.74, 6) is -0.316. The molecule has 32 heavy (non-hydrogen) atoms. The molecule has 6 nitrogen and oxygen atoms in total. The number of ether oxygens (including phenoxy) is 4. The van der Waals surface area contributed by atoms with Crippen LogP contribution in [0.2, 0.25) is 0 Å². The van der Waals surface area contributed by atoms with Gasteiger partial charge in [-0.25, -0.2) is 4.79 Å². The average molecular weight is 451 g/mol. The Labute approximate surface area is 193 Å². The third-order valence-electron chi connectivity index (χ3n) is 7.61. The summed E-state index contributed by atoms with van der Waals surface area (Å²) in [7, 11) is 0. The molecule has 0 aromatic heterocycles. The third kappa shape index (κ3) is 6.13. The lowest BCUT2D eigenvalue weighted by molar-refractivity contribution is -0.145. The van der Waals surface area contributed by atoms with E-state index in [0.29, 0.717) is 18.1 Å². The zero-order valence-electron chi connectivity index (χ0n) is 19.9. The molecule has 4 heterocycles. The molecule has 4 aliphatic heterocycles. The van der Waals surface area contributed by atoms with Crippen molar-refractivity contribution in [3.05, 3.63) is 11.6 Å². The number of rotatable bonds is 10. The van der Waals surface area contributed by atoms with Gasteiger partial charge in [-0.2, -0.15) is 0 Å². The van der Waals surface area contributed by atoms with Gasteiger partial charge in [0, 0.05) is 12.0 Å². The summed E-state index contributed by atoms with van der Waals surface area (Å²) in [6, 6.07) is 0. The first kappa shape index (κ1) is 24.2. The second-order valence-corrected chi connectivity index (χ2v) is 10.2. The van der Waals surface area contributed by atoms with Crippen LogP contribution in [0.25, 0.3) is 0 Å². The first-order valence-electron chi connectivity index (χ1n) is 13.1. The number of aliphatic hydroxyl groups excluding tert-OH is 1. The van der Waals surface area contributed by atoms with Crippen LogP contribution in [0.15, 0.2) is 11.6 Å². The van der Waals surface area contributed by atoms with Crippen LogP contribution < -0.4 is 0 Å². The minimum atomic E-state index is -0.684. The van der Waals surface area contributed by atoms with Crippen LogP contribution >= 0.6 is 0 Å². The standard InChI is InChI=1S/C26H42O6/c1-3-4-5-6-8-19-9-7-10-22(30-19)23-13-14-25(32-23)24-12-11-21(31-24)20(27)16-18-15-17(2)29-26(18)28/h15,17,19-25,27H,3-14,16H2,1-2H3/t17-,19-,20+,21+,22-,23+,24+,25+/m0/s1. The van der Waals surface area contributed by atoms with E-state index in [1.807, 2.05) is 6.92 Å². The van der Waals surface area contributed by atoms with Crippen molar-refractivity contribution < 1.29 is 28.8 Å². The Hall–Kier alpha value is -0.950. The first-order valence-corrected chi connectivity index (χ1v) is 13.1. The van der Waals surface area contributed by atoms with Gasteiger partial charge >= 0.3 is 5.97 Å². The van der Waals surface area contributed by atoms with Crippen molar-refractivity contribution in [1.29, 1.82) is 0 Å². The molecular formula is C26H42O6. The number of carbonyl (C=O) groups excluding carboxylic acids is 1. The predicted octanol–water partition coefficient (Wildman–Crippen LogP) is 4.61. The number of carbonyl (C=O) groups is 1. The van der Waals surface area contributed by atoms with Crippen LogP contribution in [-0.2, 0) is 23.7 Å². The van der Waals surface area contributed by atoms with Crippen LogP contribution in [-0.4, -0.2) is 59.9 Å². The summed E-state index contributed by atoms with van der Waals surface area (Å²) in [4.78, 5) is 11.8. The van der Waals surface area contributed by atoms with Gasteiger partial charge in [0.2, 0.25) is 0 Å². The van der Waals surface area contributed by atoms with Crippen molar-refractivity contribution in [3.63, 3.8) is 0 Å². The number of esters is 1. The van der Waals surface area contributed by atoms with Gasteiger partial charge in [-0.3, -0.25) is 0 Å².